The molecule has 0 heterocycles. The molecular formula is C21H24O2. The number of hydrogen-bond donors (Lipinski definition) is 1. The number of hydrogen-bond acceptors (Lipinski definition) is 2. The van der Waals surface area contributed by atoms with Gasteiger partial charge in [-0.1, -0.05) is 73.5 Å². The summed E-state index contributed by atoms with van der Waals surface area (Å²) in [7, 11) is 0. The maximum atomic E-state index is 12.0. The Morgan fingerprint density at radius 1 is 0.870 bits per heavy atom. The zero-order chi connectivity index (χ0) is 16.3. The average molecular weight is 308 g/mol. The van der Waals surface area contributed by atoms with Crippen molar-refractivity contribution in [1.29, 1.82) is 0 Å². The van der Waals surface area contributed by atoms with Gasteiger partial charge in [-0.05, 0) is 36.5 Å². The van der Waals surface area contributed by atoms with Crippen molar-refractivity contribution in [3.8, 4) is 0 Å². The van der Waals surface area contributed by atoms with Crippen molar-refractivity contribution in [2.45, 2.75) is 32.1 Å². The van der Waals surface area contributed by atoms with Gasteiger partial charge in [-0.15, -0.1) is 0 Å². The summed E-state index contributed by atoms with van der Waals surface area (Å²) in [4.78, 5) is 12.0. The number of carbonyl (C=O) groups excluding carboxylic acids is 1. The Morgan fingerprint density at radius 2 is 1.57 bits per heavy atom. The highest BCUT2D eigenvalue weighted by Gasteiger charge is 1.99. The fourth-order valence-corrected chi connectivity index (χ4v) is 2.46. The second-order valence-corrected chi connectivity index (χ2v) is 5.69. The van der Waals surface area contributed by atoms with Gasteiger partial charge in [0, 0.05) is 12.2 Å². The van der Waals surface area contributed by atoms with Gasteiger partial charge in [0.05, 0.1) is 0 Å². The number of rotatable bonds is 9. The Morgan fingerprint density at radius 3 is 2.26 bits per heavy atom. The fourth-order valence-electron chi connectivity index (χ4n) is 2.46. The lowest BCUT2D eigenvalue weighted by Gasteiger charge is -2.02. The molecule has 0 aliphatic carbocycles. The smallest absolute Gasteiger partial charge is 0.185 e. The maximum Gasteiger partial charge on any atom is 0.185 e. The van der Waals surface area contributed by atoms with Crippen LogP contribution in [0.4, 0.5) is 0 Å². The van der Waals surface area contributed by atoms with Gasteiger partial charge in [0.2, 0.25) is 0 Å². The standard InChI is InChI=1S/C21H24O2/c22-17-7-2-1-4-8-18-11-13-19(14-12-18)15-16-21(23)20-9-5-3-6-10-20/h3,5-6,9-16,22H,1-2,4,7-8,17H2/b16-15+. The first-order valence-electron chi connectivity index (χ1n) is 8.27. The van der Waals surface area contributed by atoms with Gasteiger partial charge in [0.15, 0.2) is 5.78 Å². The van der Waals surface area contributed by atoms with Gasteiger partial charge in [0.25, 0.3) is 0 Å². The molecule has 0 bridgehead atoms. The molecule has 0 aliphatic rings. The van der Waals surface area contributed by atoms with Crippen LogP contribution in [-0.4, -0.2) is 17.5 Å². The van der Waals surface area contributed by atoms with E-state index in [1.54, 1.807) is 6.08 Å². The lowest BCUT2D eigenvalue weighted by atomic mass is 10.0. The third-order valence-corrected chi connectivity index (χ3v) is 3.84. The molecule has 2 heteroatoms. The summed E-state index contributed by atoms with van der Waals surface area (Å²) in [6.45, 7) is 0.294. The van der Waals surface area contributed by atoms with E-state index in [4.69, 9.17) is 5.11 Å². The highest BCUT2D eigenvalue weighted by atomic mass is 16.2. The molecular weight excluding hydrogens is 284 g/mol. The second-order valence-electron chi connectivity index (χ2n) is 5.69. The summed E-state index contributed by atoms with van der Waals surface area (Å²) in [5.74, 6) is 0.0264. The quantitative estimate of drug-likeness (QED) is 0.415. The Balaban J connectivity index is 1.82. The largest absolute Gasteiger partial charge is 0.396 e. The van der Waals surface area contributed by atoms with E-state index in [-0.39, 0.29) is 5.78 Å². The molecule has 0 aliphatic heterocycles. The number of unbranched alkanes of at least 4 members (excludes halogenated alkanes) is 3. The Kier molecular flexibility index (Phi) is 7.28. The summed E-state index contributed by atoms with van der Waals surface area (Å²) in [5.41, 5.74) is 3.07. The topological polar surface area (TPSA) is 37.3 Å². The van der Waals surface area contributed by atoms with Gasteiger partial charge >= 0.3 is 0 Å². The highest BCUT2D eigenvalue weighted by Crippen LogP contribution is 2.11. The molecule has 0 radical (unpaired) electrons. The van der Waals surface area contributed by atoms with Crippen molar-refractivity contribution in [3.63, 3.8) is 0 Å². The zero-order valence-electron chi connectivity index (χ0n) is 13.4. The molecule has 23 heavy (non-hydrogen) atoms. The number of aliphatic hydroxyl groups excluding tert-OH is 1. The molecule has 2 aromatic carbocycles. The molecule has 2 nitrogen and oxygen atoms in total. The SMILES string of the molecule is O=C(/C=C/c1ccc(CCCCCCO)cc1)c1ccccc1. The third-order valence-electron chi connectivity index (χ3n) is 3.84. The van der Waals surface area contributed by atoms with Crippen molar-refractivity contribution in [2.75, 3.05) is 6.61 Å². The predicted octanol–water partition coefficient (Wildman–Crippen LogP) is 4.68. The molecule has 0 spiro atoms. The van der Waals surface area contributed by atoms with E-state index >= 15 is 0 Å². The molecule has 120 valence electrons. The van der Waals surface area contributed by atoms with Crippen LogP contribution in [0.1, 0.15) is 47.2 Å². The lowest BCUT2D eigenvalue weighted by molar-refractivity contribution is 0.104. The maximum absolute atomic E-state index is 12.0. The van der Waals surface area contributed by atoms with Crippen LogP contribution >= 0.6 is 0 Å². The van der Waals surface area contributed by atoms with Crippen LogP contribution in [0.3, 0.4) is 0 Å². The summed E-state index contributed by atoms with van der Waals surface area (Å²) >= 11 is 0. The van der Waals surface area contributed by atoms with Crippen LogP contribution in [0.25, 0.3) is 6.08 Å². The predicted molar refractivity (Wildman–Crippen MR) is 95.5 cm³/mol. The minimum Gasteiger partial charge on any atom is -0.396 e. The molecule has 0 fully saturated rings. The van der Waals surface area contributed by atoms with Crippen molar-refractivity contribution in [2.24, 2.45) is 0 Å². The minimum atomic E-state index is 0.0264. The molecule has 2 rings (SSSR count). The van der Waals surface area contributed by atoms with E-state index in [9.17, 15) is 4.79 Å². The number of benzene rings is 2. The first-order chi connectivity index (χ1) is 11.3. The molecule has 1 N–H and O–H groups in total. The fraction of sp³-hybridized carbons (Fsp3) is 0.286. The van der Waals surface area contributed by atoms with E-state index in [0.29, 0.717) is 12.2 Å². The first kappa shape index (κ1) is 17.2. The van der Waals surface area contributed by atoms with Crippen LogP contribution in [0.15, 0.2) is 60.7 Å². The van der Waals surface area contributed by atoms with Crippen LogP contribution in [-0.2, 0) is 6.42 Å². The Labute approximate surface area is 138 Å². The van der Waals surface area contributed by atoms with E-state index in [1.807, 2.05) is 36.4 Å². The molecule has 0 atom stereocenters. The molecule has 0 saturated heterocycles. The number of ketones is 1. The minimum absolute atomic E-state index is 0.0264. The number of allylic oxidation sites excluding steroid dienone is 1. The Bertz CT molecular complexity index is 612. The first-order valence-corrected chi connectivity index (χ1v) is 8.27. The zero-order valence-corrected chi connectivity index (χ0v) is 13.4. The van der Waals surface area contributed by atoms with Crippen LogP contribution in [0, 0.1) is 0 Å². The van der Waals surface area contributed by atoms with Gasteiger partial charge in [-0.2, -0.15) is 0 Å². The van der Waals surface area contributed by atoms with E-state index in [1.165, 1.54) is 5.56 Å². The van der Waals surface area contributed by atoms with Crippen molar-refractivity contribution >= 4 is 11.9 Å². The van der Waals surface area contributed by atoms with Crippen molar-refractivity contribution in [3.05, 3.63) is 77.4 Å². The summed E-state index contributed by atoms with van der Waals surface area (Å²) < 4.78 is 0. The van der Waals surface area contributed by atoms with Gasteiger partial charge in [0.1, 0.15) is 0 Å². The van der Waals surface area contributed by atoms with Gasteiger partial charge in [-0.3, -0.25) is 4.79 Å². The molecule has 0 amide bonds. The van der Waals surface area contributed by atoms with Crippen molar-refractivity contribution < 1.29 is 9.90 Å². The average Bonchev–Trinajstić information content (AvgIpc) is 2.61. The second kappa shape index (κ2) is 9.75. The van der Waals surface area contributed by atoms with Crippen molar-refractivity contribution in [1.82, 2.24) is 0 Å². The van der Waals surface area contributed by atoms with E-state index in [2.05, 4.69) is 24.3 Å². The van der Waals surface area contributed by atoms with Crippen LogP contribution in [0.2, 0.25) is 0 Å². The summed E-state index contributed by atoms with van der Waals surface area (Å²) in [6, 6.07) is 17.7. The monoisotopic (exact) mass is 308 g/mol. The van der Waals surface area contributed by atoms with Gasteiger partial charge < -0.3 is 5.11 Å². The summed E-state index contributed by atoms with van der Waals surface area (Å²) in [6.07, 6.45) is 8.87. The molecule has 0 aromatic heterocycles. The van der Waals surface area contributed by atoms with Crippen LogP contribution in [0.5, 0.6) is 0 Å². The Hall–Kier alpha value is -2.19. The lowest BCUT2D eigenvalue weighted by Crippen LogP contribution is -1.92. The van der Waals surface area contributed by atoms with E-state index < -0.39 is 0 Å². The number of aryl methyl sites for hydroxylation is 1. The molecule has 0 saturated carbocycles. The normalized spacial score (nSPS) is 11.0. The highest BCUT2D eigenvalue weighted by molar-refractivity contribution is 6.06. The number of aliphatic hydroxyl groups is 1. The third kappa shape index (κ3) is 6.21. The molecule has 2 aromatic rings. The van der Waals surface area contributed by atoms with E-state index in [0.717, 1.165) is 37.7 Å². The number of carbonyl (C=O) groups is 1. The summed E-state index contributed by atoms with van der Waals surface area (Å²) in [5, 5.41) is 8.75. The van der Waals surface area contributed by atoms with Crippen LogP contribution < -0.4 is 0 Å². The molecule has 0 unspecified atom stereocenters. The van der Waals surface area contributed by atoms with Gasteiger partial charge in [-0.25, -0.2) is 0 Å².